The molecule has 0 N–H and O–H groups in total. The van der Waals surface area contributed by atoms with Gasteiger partial charge in [0, 0.05) is 37.6 Å². The van der Waals surface area contributed by atoms with Gasteiger partial charge in [0.05, 0.1) is 8.41 Å². The van der Waals surface area contributed by atoms with Crippen molar-refractivity contribution in [1.82, 2.24) is 0 Å². The molecule has 1 unspecified atom stereocenters. The molecule has 0 aliphatic rings. The molecular formula is H6BNiPW. The maximum absolute atomic E-state index is 0. The maximum Gasteiger partial charge on any atom is 0.0814 e. The van der Waals surface area contributed by atoms with E-state index in [2.05, 4.69) is 0 Å². The predicted octanol–water partition coefficient (Wildman–Crippen LogP) is -1.13. The second kappa shape index (κ2) is 22.5. The van der Waals surface area contributed by atoms with Crippen LogP contribution in [0.5, 0.6) is 0 Å². The van der Waals surface area contributed by atoms with Crippen LogP contribution in [0, 0.1) is 0 Å². The van der Waals surface area contributed by atoms with Crippen LogP contribution in [0.25, 0.3) is 0 Å². The van der Waals surface area contributed by atoms with E-state index in [-0.39, 0.29) is 55.9 Å². The largest absolute Gasteiger partial charge is 0.153 e. The van der Waals surface area contributed by atoms with E-state index in [1.165, 1.54) is 0 Å². The minimum absolute atomic E-state index is 0. The summed E-state index contributed by atoms with van der Waals surface area (Å²) in [5, 5.41) is 0. The summed E-state index contributed by atoms with van der Waals surface area (Å²) in [5.74, 6) is 0. The Morgan fingerprint density at radius 1 is 1.00 bits per heavy atom. The Labute approximate surface area is 55.9 Å². The molecule has 0 aromatic heterocycles. The van der Waals surface area contributed by atoms with Crippen molar-refractivity contribution in [2.45, 2.75) is 0 Å². The molecule has 0 bridgehead atoms. The summed E-state index contributed by atoms with van der Waals surface area (Å²) in [7, 11) is 0. The standard InChI is InChI=1S/BH3.Ni.H3P.W/h1H3;;1H3;. The summed E-state index contributed by atoms with van der Waals surface area (Å²) in [6.07, 6.45) is 0. The fraction of sp³-hybridized carbons (Fsp3) is 0. The minimum atomic E-state index is 0. The molecule has 0 spiro atoms. The van der Waals surface area contributed by atoms with Crippen molar-refractivity contribution in [1.29, 1.82) is 0 Å². The van der Waals surface area contributed by atoms with Gasteiger partial charge >= 0.3 is 0 Å². The number of hydrogen-bond donors (Lipinski definition) is 0. The topological polar surface area (TPSA) is 0 Å². The van der Waals surface area contributed by atoms with E-state index in [9.17, 15) is 0 Å². The average molecular weight is 290 g/mol. The van der Waals surface area contributed by atoms with Gasteiger partial charge in [0.15, 0.2) is 0 Å². The molecular weight excluding hydrogens is 284 g/mol. The summed E-state index contributed by atoms with van der Waals surface area (Å²) in [6.45, 7) is 0. The van der Waals surface area contributed by atoms with Crippen LogP contribution in [0.3, 0.4) is 0 Å². The Morgan fingerprint density at radius 3 is 1.00 bits per heavy atom. The van der Waals surface area contributed by atoms with Gasteiger partial charge in [0.1, 0.15) is 0 Å². The van der Waals surface area contributed by atoms with E-state index in [0.717, 1.165) is 0 Å². The van der Waals surface area contributed by atoms with Gasteiger partial charge in [-0.2, -0.15) is 9.90 Å². The van der Waals surface area contributed by atoms with E-state index in [4.69, 9.17) is 0 Å². The average Bonchev–Trinajstić information content (AvgIpc) is 0. The normalized spacial score (nSPS) is 0. The fourth-order valence-electron chi connectivity index (χ4n) is 0. The van der Waals surface area contributed by atoms with Crippen molar-refractivity contribution in [3.05, 3.63) is 0 Å². The van der Waals surface area contributed by atoms with Crippen LogP contribution in [0.4, 0.5) is 0 Å². The minimum Gasteiger partial charge on any atom is -0.153 e. The van der Waals surface area contributed by atoms with Crippen molar-refractivity contribution >= 4 is 18.3 Å². The molecule has 4 heavy (non-hydrogen) atoms. The van der Waals surface area contributed by atoms with E-state index < -0.39 is 0 Å². The first-order valence-corrected chi connectivity index (χ1v) is 0. The van der Waals surface area contributed by atoms with Crippen LogP contribution >= 0.6 is 9.90 Å². The van der Waals surface area contributed by atoms with Gasteiger partial charge < -0.3 is 0 Å². The Hall–Kier alpha value is 1.68. The summed E-state index contributed by atoms with van der Waals surface area (Å²) in [6, 6.07) is 0. The van der Waals surface area contributed by atoms with Gasteiger partial charge in [-0.3, -0.25) is 0 Å². The Balaban J connectivity index is 0. The predicted molar refractivity (Wildman–Crippen MR) is 21.0 cm³/mol. The van der Waals surface area contributed by atoms with Crippen LogP contribution in [0.1, 0.15) is 0 Å². The summed E-state index contributed by atoms with van der Waals surface area (Å²) in [4.78, 5) is 0. The van der Waals surface area contributed by atoms with E-state index in [1.807, 2.05) is 0 Å². The van der Waals surface area contributed by atoms with Gasteiger partial charge in [-0.15, -0.1) is 0 Å². The number of hydrogen-bond acceptors (Lipinski definition) is 0. The van der Waals surface area contributed by atoms with E-state index in [0.29, 0.717) is 0 Å². The second-order valence-electron chi connectivity index (χ2n) is 0. The molecule has 4 heteroatoms. The van der Waals surface area contributed by atoms with Gasteiger partial charge in [-0.25, -0.2) is 0 Å². The molecule has 1 atom stereocenters. The van der Waals surface area contributed by atoms with Gasteiger partial charge in [0.2, 0.25) is 0 Å². The molecule has 0 aromatic carbocycles. The molecule has 0 saturated carbocycles. The monoisotopic (exact) mass is 290 g/mol. The quantitative estimate of drug-likeness (QED) is 0.391. The molecule has 0 nitrogen and oxygen atoms in total. The van der Waals surface area contributed by atoms with Crippen LogP contribution in [-0.4, -0.2) is 8.41 Å². The van der Waals surface area contributed by atoms with Crippen LogP contribution < -0.4 is 0 Å². The molecule has 0 radical (unpaired) electrons. The molecule has 0 amide bonds. The van der Waals surface area contributed by atoms with Crippen molar-refractivity contribution in [3.63, 3.8) is 0 Å². The Morgan fingerprint density at radius 2 is 1.00 bits per heavy atom. The third-order valence-electron chi connectivity index (χ3n) is 0. The molecule has 0 aliphatic heterocycles. The van der Waals surface area contributed by atoms with E-state index >= 15 is 0 Å². The SMILES string of the molecule is B.P.[Ni].[W]. The van der Waals surface area contributed by atoms with Crippen molar-refractivity contribution in [3.8, 4) is 0 Å². The molecule has 0 aliphatic carbocycles. The zero-order chi connectivity index (χ0) is 0. The summed E-state index contributed by atoms with van der Waals surface area (Å²) >= 11 is 0. The molecule has 0 aromatic rings. The first-order valence-electron chi connectivity index (χ1n) is 0. The third-order valence-corrected chi connectivity index (χ3v) is 0. The molecule has 0 rings (SSSR count). The molecule has 0 heterocycles. The third kappa shape index (κ3) is 9.37. The van der Waals surface area contributed by atoms with Gasteiger partial charge in [-0.1, -0.05) is 0 Å². The van der Waals surface area contributed by atoms with Crippen molar-refractivity contribution < 1.29 is 37.6 Å². The van der Waals surface area contributed by atoms with Crippen molar-refractivity contribution in [2.24, 2.45) is 0 Å². The summed E-state index contributed by atoms with van der Waals surface area (Å²) in [5.41, 5.74) is 0. The number of rotatable bonds is 0. The molecule has 30 valence electrons. The fourth-order valence-corrected chi connectivity index (χ4v) is 0. The van der Waals surface area contributed by atoms with Crippen LogP contribution in [0.2, 0.25) is 0 Å². The van der Waals surface area contributed by atoms with Crippen molar-refractivity contribution in [2.75, 3.05) is 0 Å². The molecule has 0 fully saturated rings. The van der Waals surface area contributed by atoms with Gasteiger partial charge in [0.25, 0.3) is 0 Å². The van der Waals surface area contributed by atoms with Crippen LogP contribution in [-0.2, 0) is 37.6 Å². The van der Waals surface area contributed by atoms with E-state index in [1.54, 1.807) is 0 Å². The zero-order valence-corrected chi connectivity index (χ0v) is 6.77. The first-order chi connectivity index (χ1) is 0. The first kappa shape index (κ1) is 44.2. The Bertz CT molecular complexity index is 8.00. The van der Waals surface area contributed by atoms with Crippen LogP contribution in [0.15, 0.2) is 0 Å². The maximum atomic E-state index is 0. The molecule has 0 saturated heterocycles. The Kier molecular flexibility index (Phi) is 248. The van der Waals surface area contributed by atoms with Gasteiger partial charge in [-0.05, 0) is 0 Å². The summed E-state index contributed by atoms with van der Waals surface area (Å²) < 4.78 is 0. The second-order valence-corrected chi connectivity index (χ2v) is 0. The smallest absolute Gasteiger partial charge is 0.0814 e. The zero-order valence-electron chi connectivity index (χ0n) is 1.43.